The topological polar surface area (TPSA) is 38.3 Å². The minimum Gasteiger partial charge on any atom is -0.461 e. The lowest BCUT2D eigenvalue weighted by Crippen LogP contribution is -2.58. The molecule has 0 aromatic heterocycles. The molecule has 13 heavy (non-hydrogen) atoms. The highest BCUT2D eigenvalue weighted by Crippen LogP contribution is 2.23. The lowest BCUT2D eigenvalue weighted by atomic mass is 9.99. The van der Waals surface area contributed by atoms with E-state index < -0.39 is 5.54 Å². The molecular formula is C10H11NO2. The number of esters is 1. The van der Waals surface area contributed by atoms with Crippen molar-refractivity contribution in [2.45, 2.75) is 12.5 Å². The van der Waals surface area contributed by atoms with Gasteiger partial charge in [-0.1, -0.05) is 18.2 Å². The SMILES string of the molecule is C[C@]1(Nc2ccccc2)COC1=O. The van der Waals surface area contributed by atoms with Crippen LogP contribution in [-0.4, -0.2) is 18.1 Å². The van der Waals surface area contributed by atoms with Gasteiger partial charge in [-0.15, -0.1) is 0 Å². The lowest BCUT2D eigenvalue weighted by molar-refractivity contribution is -0.168. The number of benzene rings is 1. The Bertz CT molecular complexity index is 323. The first-order chi connectivity index (χ1) is 6.21. The molecule has 0 bridgehead atoms. The predicted molar refractivity (Wildman–Crippen MR) is 49.4 cm³/mol. The number of cyclic esters (lactones) is 1. The highest BCUT2D eigenvalue weighted by atomic mass is 16.6. The molecule has 3 heteroatoms. The number of carbonyl (C=O) groups excluding carboxylic acids is 1. The van der Waals surface area contributed by atoms with Crippen molar-refractivity contribution in [3.05, 3.63) is 30.3 Å². The van der Waals surface area contributed by atoms with Crippen molar-refractivity contribution in [3.8, 4) is 0 Å². The predicted octanol–water partition coefficient (Wildman–Crippen LogP) is 1.41. The van der Waals surface area contributed by atoms with Crippen molar-refractivity contribution in [3.63, 3.8) is 0 Å². The highest BCUT2D eigenvalue weighted by molar-refractivity contribution is 5.89. The van der Waals surface area contributed by atoms with Gasteiger partial charge in [0.25, 0.3) is 0 Å². The van der Waals surface area contributed by atoms with Gasteiger partial charge in [-0.25, -0.2) is 4.79 Å². The number of anilines is 1. The first-order valence-electron chi connectivity index (χ1n) is 4.21. The van der Waals surface area contributed by atoms with Crippen molar-refractivity contribution in [2.24, 2.45) is 0 Å². The van der Waals surface area contributed by atoms with E-state index in [1.54, 1.807) is 0 Å². The van der Waals surface area contributed by atoms with Gasteiger partial charge in [-0.2, -0.15) is 0 Å². The van der Waals surface area contributed by atoms with Gasteiger partial charge < -0.3 is 10.1 Å². The molecule has 1 aromatic rings. The van der Waals surface area contributed by atoms with Crippen LogP contribution in [0.1, 0.15) is 6.92 Å². The Morgan fingerprint density at radius 3 is 2.54 bits per heavy atom. The van der Waals surface area contributed by atoms with Crippen LogP contribution in [0.2, 0.25) is 0 Å². The normalized spacial score (nSPS) is 26.1. The fourth-order valence-corrected chi connectivity index (χ4v) is 1.27. The van der Waals surface area contributed by atoms with Gasteiger partial charge in [0.2, 0.25) is 0 Å². The minimum atomic E-state index is -0.526. The molecule has 1 N–H and O–H groups in total. The minimum absolute atomic E-state index is 0.184. The zero-order chi connectivity index (χ0) is 9.31. The summed E-state index contributed by atoms with van der Waals surface area (Å²) in [4.78, 5) is 11.1. The summed E-state index contributed by atoms with van der Waals surface area (Å²) in [6.45, 7) is 2.28. The smallest absolute Gasteiger partial charge is 0.335 e. The van der Waals surface area contributed by atoms with Crippen LogP contribution in [0.15, 0.2) is 30.3 Å². The number of hydrogen-bond donors (Lipinski definition) is 1. The fourth-order valence-electron chi connectivity index (χ4n) is 1.27. The van der Waals surface area contributed by atoms with E-state index in [0.717, 1.165) is 5.69 Å². The maximum atomic E-state index is 11.1. The molecule has 0 saturated carbocycles. The second-order valence-electron chi connectivity index (χ2n) is 3.40. The van der Waals surface area contributed by atoms with E-state index in [-0.39, 0.29) is 5.97 Å². The van der Waals surface area contributed by atoms with Crippen LogP contribution < -0.4 is 5.32 Å². The van der Waals surface area contributed by atoms with E-state index in [1.807, 2.05) is 37.3 Å². The summed E-state index contributed by atoms with van der Waals surface area (Å²) < 4.78 is 4.72. The molecule has 1 aliphatic heterocycles. The average Bonchev–Trinajstić information content (AvgIpc) is 2.17. The van der Waals surface area contributed by atoms with Crippen molar-refractivity contribution in [1.29, 1.82) is 0 Å². The molecule has 0 spiro atoms. The maximum Gasteiger partial charge on any atom is 0.335 e. The van der Waals surface area contributed by atoms with Gasteiger partial charge in [0.1, 0.15) is 6.61 Å². The van der Waals surface area contributed by atoms with Crippen LogP contribution in [0.25, 0.3) is 0 Å². The molecule has 1 heterocycles. The molecule has 0 aliphatic carbocycles. The molecule has 1 fully saturated rings. The number of carbonyl (C=O) groups is 1. The third kappa shape index (κ3) is 1.37. The summed E-state index contributed by atoms with van der Waals surface area (Å²) in [6, 6.07) is 9.64. The van der Waals surface area contributed by atoms with Crippen LogP contribution in [0.5, 0.6) is 0 Å². The van der Waals surface area contributed by atoms with Gasteiger partial charge in [0, 0.05) is 5.69 Å². The molecule has 0 radical (unpaired) electrons. The molecule has 3 nitrogen and oxygen atoms in total. The summed E-state index contributed by atoms with van der Waals surface area (Å²) in [5, 5.41) is 3.13. The zero-order valence-electron chi connectivity index (χ0n) is 7.41. The monoisotopic (exact) mass is 177 g/mol. The van der Waals surface area contributed by atoms with Crippen LogP contribution in [0.3, 0.4) is 0 Å². The Morgan fingerprint density at radius 2 is 2.08 bits per heavy atom. The standard InChI is InChI=1S/C10H11NO2/c1-10(7-13-9(10)12)11-8-5-3-2-4-6-8/h2-6,11H,7H2,1H3/t10-/m0/s1. The van der Waals surface area contributed by atoms with Gasteiger partial charge >= 0.3 is 5.97 Å². The average molecular weight is 177 g/mol. The second-order valence-corrected chi connectivity index (χ2v) is 3.40. The van der Waals surface area contributed by atoms with Crippen molar-refractivity contribution < 1.29 is 9.53 Å². The highest BCUT2D eigenvalue weighted by Gasteiger charge is 2.44. The molecule has 1 aromatic carbocycles. The Labute approximate surface area is 76.7 Å². The molecule has 0 amide bonds. The quantitative estimate of drug-likeness (QED) is 0.694. The summed E-state index contributed by atoms with van der Waals surface area (Å²) in [6.07, 6.45) is 0. The van der Waals surface area contributed by atoms with E-state index in [2.05, 4.69) is 5.32 Å². The van der Waals surface area contributed by atoms with E-state index in [9.17, 15) is 4.79 Å². The molecular weight excluding hydrogens is 166 g/mol. The van der Waals surface area contributed by atoms with Crippen LogP contribution in [0, 0.1) is 0 Å². The Hall–Kier alpha value is -1.51. The molecule has 0 unspecified atom stereocenters. The van der Waals surface area contributed by atoms with Gasteiger partial charge in [0.05, 0.1) is 0 Å². The molecule has 68 valence electrons. The van der Waals surface area contributed by atoms with Crippen molar-refractivity contribution in [2.75, 3.05) is 11.9 Å². The van der Waals surface area contributed by atoms with Crippen molar-refractivity contribution in [1.82, 2.24) is 0 Å². The van der Waals surface area contributed by atoms with E-state index in [4.69, 9.17) is 4.74 Å². The van der Waals surface area contributed by atoms with Crippen LogP contribution in [0.4, 0.5) is 5.69 Å². The third-order valence-corrected chi connectivity index (χ3v) is 2.14. The number of ether oxygens (including phenoxy) is 1. The summed E-state index contributed by atoms with van der Waals surface area (Å²) in [5.41, 5.74) is 0.420. The fraction of sp³-hybridized carbons (Fsp3) is 0.300. The lowest BCUT2D eigenvalue weighted by Gasteiger charge is -2.37. The maximum absolute atomic E-state index is 11.1. The first-order valence-corrected chi connectivity index (χ1v) is 4.21. The Morgan fingerprint density at radius 1 is 1.38 bits per heavy atom. The summed E-state index contributed by atoms with van der Waals surface area (Å²) in [5.74, 6) is -0.184. The van der Waals surface area contributed by atoms with Crippen molar-refractivity contribution >= 4 is 11.7 Å². The number of hydrogen-bond acceptors (Lipinski definition) is 3. The number of nitrogens with one attached hydrogen (secondary N) is 1. The molecule has 1 atom stereocenters. The Balaban J connectivity index is 2.11. The zero-order valence-corrected chi connectivity index (χ0v) is 7.41. The van der Waals surface area contributed by atoms with E-state index in [1.165, 1.54) is 0 Å². The summed E-state index contributed by atoms with van der Waals surface area (Å²) >= 11 is 0. The Kier molecular flexibility index (Phi) is 1.72. The largest absolute Gasteiger partial charge is 0.461 e. The molecule has 1 aliphatic rings. The van der Waals surface area contributed by atoms with Gasteiger partial charge in [-0.3, -0.25) is 0 Å². The van der Waals surface area contributed by atoms with E-state index >= 15 is 0 Å². The third-order valence-electron chi connectivity index (χ3n) is 2.14. The van der Waals surface area contributed by atoms with Crippen LogP contribution >= 0.6 is 0 Å². The van der Waals surface area contributed by atoms with E-state index in [0.29, 0.717) is 6.61 Å². The second kappa shape index (κ2) is 2.76. The van der Waals surface area contributed by atoms with Crippen LogP contribution in [-0.2, 0) is 9.53 Å². The number of para-hydroxylation sites is 1. The summed E-state index contributed by atoms with van der Waals surface area (Å²) in [7, 11) is 0. The molecule has 2 rings (SSSR count). The van der Waals surface area contributed by atoms with Gasteiger partial charge in [-0.05, 0) is 19.1 Å². The molecule has 1 saturated heterocycles. The van der Waals surface area contributed by atoms with Gasteiger partial charge in [0.15, 0.2) is 5.54 Å². The number of rotatable bonds is 2. The first kappa shape index (κ1) is 8.10.